The monoisotopic (exact) mass is 498 g/mol. The van der Waals surface area contributed by atoms with E-state index in [1.807, 2.05) is 0 Å². The zero-order valence-electron chi connectivity index (χ0n) is 17.8. The predicted octanol–water partition coefficient (Wildman–Crippen LogP) is 2.73. The lowest BCUT2D eigenvalue weighted by atomic mass is 9.92. The number of pyridine rings is 1. The highest BCUT2D eigenvalue weighted by molar-refractivity contribution is 6.23. The summed E-state index contributed by atoms with van der Waals surface area (Å²) in [7, 11) is 0. The fourth-order valence-corrected chi connectivity index (χ4v) is 3.38. The van der Waals surface area contributed by atoms with Gasteiger partial charge >= 0.3 is 12.4 Å². The van der Waals surface area contributed by atoms with Crippen LogP contribution in [0.5, 0.6) is 0 Å². The Kier molecular flexibility index (Phi) is 5.82. The first-order valence-electron chi connectivity index (χ1n) is 9.86. The van der Waals surface area contributed by atoms with Crippen LogP contribution in [0.4, 0.5) is 26.3 Å². The molecule has 0 aliphatic carbocycles. The van der Waals surface area contributed by atoms with Gasteiger partial charge in [-0.1, -0.05) is 0 Å². The lowest BCUT2D eigenvalue weighted by Gasteiger charge is -2.45. The van der Waals surface area contributed by atoms with Crippen molar-refractivity contribution in [3.05, 3.63) is 54.1 Å². The number of nitrogens with zero attached hydrogens (tertiary/aromatic N) is 7. The summed E-state index contributed by atoms with van der Waals surface area (Å²) in [6.07, 6.45) is -4.01. The molecule has 1 fully saturated rings. The highest BCUT2D eigenvalue weighted by Crippen LogP contribution is 2.35. The Balaban J connectivity index is 1.73. The Hall–Kier alpha value is -3.88. The van der Waals surface area contributed by atoms with Gasteiger partial charge in [0, 0.05) is 48.3 Å². The van der Waals surface area contributed by atoms with E-state index in [9.17, 15) is 31.1 Å². The summed E-state index contributed by atoms with van der Waals surface area (Å²) < 4.78 is 79.8. The molecule has 0 radical (unpaired) electrons. The maximum absolute atomic E-state index is 13.1. The zero-order chi connectivity index (χ0) is 25.6. The van der Waals surface area contributed by atoms with Crippen LogP contribution in [0.25, 0.3) is 23.2 Å². The minimum absolute atomic E-state index is 0.0687. The van der Waals surface area contributed by atoms with Crippen LogP contribution < -0.4 is 5.73 Å². The molecule has 9 nitrogen and oxygen atoms in total. The molecule has 0 bridgehead atoms. The third-order valence-electron chi connectivity index (χ3n) is 4.93. The first-order chi connectivity index (χ1) is 16.2. The topological polar surface area (TPSA) is 116 Å². The van der Waals surface area contributed by atoms with Crippen molar-refractivity contribution in [2.45, 2.75) is 24.8 Å². The largest absolute Gasteiger partial charge is 0.433 e. The van der Waals surface area contributed by atoms with E-state index in [1.54, 1.807) is 6.92 Å². The highest BCUT2D eigenvalue weighted by atomic mass is 19.4. The number of rotatable bonds is 4. The van der Waals surface area contributed by atoms with Crippen LogP contribution in [0.2, 0.25) is 0 Å². The van der Waals surface area contributed by atoms with Crippen molar-refractivity contribution >= 4 is 17.7 Å². The second-order valence-electron chi connectivity index (χ2n) is 8.16. The number of carbonyl (C=O) groups is 1. The summed E-state index contributed by atoms with van der Waals surface area (Å²) in [5.74, 6) is -0.878. The lowest BCUT2D eigenvalue weighted by Crippen LogP contribution is -2.66. The van der Waals surface area contributed by atoms with E-state index in [0.717, 1.165) is 11.0 Å². The second-order valence-corrected chi connectivity index (χ2v) is 8.16. The molecule has 0 aromatic carbocycles. The Morgan fingerprint density at radius 2 is 1.63 bits per heavy atom. The molecule has 4 heterocycles. The van der Waals surface area contributed by atoms with Gasteiger partial charge < -0.3 is 10.6 Å². The first kappa shape index (κ1) is 24.3. The molecular weight excluding hydrogens is 482 g/mol. The maximum atomic E-state index is 13.1. The summed E-state index contributed by atoms with van der Waals surface area (Å²) in [5, 5.41) is 3.94. The van der Waals surface area contributed by atoms with E-state index in [2.05, 4.69) is 25.0 Å². The summed E-state index contributed by atoms with van der Waals surface area (Å²) in [4.78, 5) is 28.7. The van der Waals surface area contributed by atoms with Crippen molar-refractivity contribution in [1.82, 2.24) is 34.6 Å². The molecule has 1 saturated heterocycles. The Labute approximate surface area is 193 Å². The smallest absolute Gasteiger partial charge is 0.335 e. The molecule has 4 rings (SSSR count). The third kappa shape index (κ3) is 5.29. The molecule has 0 spiro atoms. The van der Waals surface area contributed by atoms with Gasteiger partial charge in [0.2, 0.25) is 0 Å². The van der Waals surface area contributed by atoms with Gasteiger partial charge in [-0.3, -0.25) is 4.79 Å². The predicted molar refractivity (Wildman–Crippen MR) is 109 cm³/mol. The van der Waals surface area contributed by atoms with Crippen molar-refractivity contribution in [2.75, 3.05) is 13.1 Å². The van der Waals surface area contributed by atoms with E-state index in [0.29, 0.717) is 17.7 Å². The summed E-state index contributed by atoms with van der Waals surface area (Å²) in [5.41, 5.74) is 1.75. The van der Waals surface area contributed by atoms with Gasteiger partial charge in [-0.15, -0.1) is 5.10 Å². The molecule has 35 heavy (non-hydrogen) atoms. The number of halogens is 6. The van der Waals surface area contributed by atoms with E-state index < -0.39 is 46.6 Å². The third-order valence-corrected chi connectivity index (χ3v) is 4.93. The van der Waals surface area contributed by atoms with Crippen molar-refractivity contribution in [2.24, 2.45) is 5.73 Å². The number of nitrogens with two attached hydrogens (primary N) is 1. The van der Waals surface area contributed by atoms with Gasteiger partial charge in [0.25, 0.3) is 5.91 Å². The maximum Gasteiger partial charge on any atom is 0.433 e. The lowest BCUT2D eigenvalue weighted by molar-refractivity contribution is -0.150. The minimum Gasteiger partial charge on any atom is -0.335 e. The van der Waals surface area contributed by atoms with Gasteiger partial charge in [-0.2, -0.15) is 26.3 Å². The van der Waals surface area contributed by atoms with E-state index in [-0.39, 0.29) is 18.7 Å². The highest BCUT2D eigenvalue weighted by Gasteiger charge is 2.40. The van der Waals surface area contributed by atoms with Crippen molar-refractivity contribution in [3.8, 4) is 11.4 Å². The molecule has 184 valence electrons. The molecule has 15 heteroatoms. The molecule has 3 aromatic rings. The van der Waals surface area contributed by atoms with Gasteiger partial charge in [0.05, 0.1) is 5.57 Å². The normalized spacial score (nSPS) is 16.2. The number of aromatic nitrogens is 6. The van der Waals surface area contributed by atoms with Crippen LogP contribution in [0.15, 0.2) is 37.2 Å². The van der Waals surface area contributed by atoms with Crippen LogP contribution in [0.3, 0.4) is 0 Å². The van der Waals surface area contributed by atoms with E-state index in [1.165, 1.54) is 29.8 Å². The quantitative estimate of drug-likeness (QED) is 0.435. The first-order valence-corrected chi connectivity index (χ1v) is 9.86. The molecule has 1 aliphatic rings. The van der Waals surface area contributed by atoms with Gasteiger partial charge in [-0.05, 0) is 19.1 Å². The number of amides is 1. The average Bonchev–Trinajstić information content (AvgIpc) is 3.23. The number of likely N-dealkylation sites (tertiary alicyclic amines) is 1. The SMILES string of the molecule is CC1(N)CN(C(=O)/C(=C/n2cnc(-c3cc(C(F)(F)F)nc(C(F)(F)F)c3)n2)c2cncnc2)C1. The van der Waals surface area contributed by atoms with Crippen molar-refractivity contribution < 1.29 is 31.1 Å². The summed E-state index contributed by atoms with van der Waals surface area (Å²) in [6.45, 7) is 2.32. The van der Waals surface area contributed by atoms with Gasteiger partial charge in [0.1, 0.15) is 24.0 Å². The molecule has 3 aromatic heterocycles. The number of hydrogen-bond acceptors (Lipinski definition) is 7. The number of alkyl halides is 6. The fourth-order valence-electron chi connectivity index (χ4n) is 3.38. The van der Waals surface area contributed by atoms with Crippen LogP contribution >= 0.6 is 0 Å². The van der Waals surface area contributed by atoms with Crippen molar-refractivity contribution in [1.29, 1.82) is 0 Å². The molecule has 0 atom stereocenters. The minimum atomic E-state index is -5.12. The Bertz CT molecular complexity index is 1240. The average molecular weight is 498 g/mol. The molecule has 0 saturated carbocycles. The van der Waals surface area contributed by atoms with Gasteiger partial charge in [0.15, 0.2) is 5.82 Å². The zero-order valence-corrected chi connectivity index (χ0v) is 17.8. The molecule has 1 amide bonds. The molecule has 2 N–H and O–H groups in total. The van der Waals surface area contributed by atoms with Crippen LogP contribution in [0, 0.1) is 0 Å². The summed E-state index contributed by atoms with van der Waals surface area (Å²) in [6, 6.07) is 0.829. The van der Waals surface area contributed by atoms with Crippen LogP contribution in [-0.4, -0.2) is 59.2 Å². The van der Waals surface area contributed by atoms with E-state index >= 15 is 0 Å². The van der Waals surface area contributed by atoms with Crippen molar-refractivity contribution in [3.63, 3.8) is 0 Å². The summed E-state index contributed by atoms with van der Waals surface area (Å²) >= 11 is 0. The van der Waals surface area contributed by atoms with Crippen LogP contribution in [0.1, 0.15) is 23.9 Å². The van der Waals surface area contributed by atoms with Crippen LogP contribution in [-0.2, 0) is 17.1 Å². The second kappa shape index (κ2) is 8.41. The van der Waals surface area contributed by atoms with E-state index in [4.69, 9.17) is 5.73 Å². The number of hydrogen-bond donors (Lipinski definition) is 1. The number of carbonyl (C=O) groups excluding carboxylic acids is 1. The Morgan fingerprint density at radius 1 is 1.06 bits per heavy atom. The molecular formula is C20H16F6N8O. The standard InChI is InChI=1S/C20H16F6N8O/c1-18(27)7-33(8-18)17(35)13(12-4-28-9-29-5-12)6-34-10-30-16(32-34)11-2-14(19(21,22)23)31-15(3-11)20(24,25)26/h2-6,9-10H,7-8,27H2,1H3/b13-6+. The molecule has 1 aliphatic heterocycles. The Morgan fingerprint density at radius 3 is 2.14 bits per heavy atom. The van der Waals surface area contributed by atoms with Gasteiger partial charge in [-0.25, -0.2) is 24.6 Å². The fraction of sp³-hybridized carbons (Fsp3) is 0.300. The molecule has 0 unspecified atom stereocenters.